The number of piperidine rings is 1. The molecule has 1 aliphatic carbocycles. The number of aromatic nitrogens is 1. The van der Waals surface area contributed by atoms with Gasteiger partial charge in [-0.15, -0.1) is 11.8 Å². The average Bonchev–Trinajstić information content (AvgIpc) is 2.73. The number of halogens is 2. The van der Waals surface area contributed by atoms with E-state index in [-0.39, 0.29) is 13.3 Å². The fourth-order valence-electron chi connectivity index (χ4n) is 4.43. The fraction of sp³-hybridized carbons (Fsp3) is 0.478. The quantitative estimate of drug-likeness (QED) is 0.471. The number of hydrogen-bond donors (Lipinski definition) is 0. The molecule has 1 saturated carbocycles. The predicted octanol–water partition coefficient (Wildman–Crippen LogP) is 6.97. The van der Waals surface area contributed by atoms with Crippen molar-refractivity contribution in [2.75, 3.05) is 13.1 Å². The normalized spacial score (nSPS) is 21.2. The van der Waals surface area contributed by atoms with Gasteiger partial charge in [0.15, 0.2) is 0 Å². The molecule has 2 fully saturated rings. The van der Waals surface area contributed by atoms with Crippen molar-refractivity contribution in [3.8, 4) is 0 Å². The van der Waals surface area contributed by atoms with Gasteiger partial charge >= 0.3 is 0 Å². The van der Waals surface area contributed by atoms with Crippen LogP contribution in [0.15, 0.2) is 41.6 Å². The molecule has 1 aromatic heterocycles. The maximum absolute atomic E-state index is 13.0. The Morgan fingerprint density at radius 3 is 2.59 bits per heavy atom. The predicted molar refractivity (Wildman–Crippen MR) is 123 cm³/mol. The number of benzene rings is 1. The number of hydrogen-bond acceptors (Lipinski definition) is 3. The minimum atomic E-state index is 0. The molecule has 1 aromatic carbocycles. The second kappa shape index (κ2) is 10.2. The number of carbonyl (C=O) groups excluding carboxylic acids is 1. The molecule has 1 aliphatic heterocycles. The van der Waals surface area contributed by atoms with Crippen LogP contribution in [0.4, 0.5) is 0 Å². The molecule has 0 N–H and O–H groups in total. The first-order valence-electron chi connectivity index (χ1n) is 9.92. The van der Waals surface area contributed by atoms with E-state index in [1.807, 2.05) is 35.4 Å². The summed E-state index contributed by atoms with van der Waals surface area (Å²) in [5, 5.41) is 1.29. The van der Waals surface area contributed by atoms with Gasteiger partial charge in [-0.2, -0.15) is 0 Å². The van der Waals surface area contributed by atoms with Crippen molar-refractivity contribution >= 4 is 40.9 Å². The number of pyridine rings is 1. The molecule has 2 atom stereocenters. The van der Waals surface area contributed by atoms with E-state index >= 15 is 0 Å². The fourth-order valence-corrected chi connectivity index (χ4v) is 6.03. The Balaban J connectivity index is 0.00000240. The molecular weight excluding hydrogens is 423 g/mol. The minimum Gasteiger partial charge on any atom is -0.338 e. The van der Waals surface area contributed by atoms with E-state index in [4.69, 9.17) is 23.2 Å². The van der Waals surface area contributed by atoms with Crippen LogP contribution in [0, 0.1) is 11.8 Å². The number of amides is 1. The summed E-state index contributed by atoms with van der Waals surface area (Å²) in [6.45, 7) is 1.77. The van der Waals surface area contributed by atoms with E-state index in [0.717, 1.165) is 35.9 Å². The first-order valence-corrected chi connectivity index (χ1v) is 11.7. The summed E-state index contributed by atoms with van der Waals surface area (Å²) in [6.07, 6.45) is 9.90. The van der Waals surface area contributed by atoms with Gasteiger partial charge in [-0.05, 0) is 48.4 Å². The van der Waals surface area contributed by atoms with Crippen molar-refractivity contribution in [1.82, 2.24) is 9.88 Å². The van der Waals surface area contributed by atoms with Crippen LogP contribution in [-0.4, -0.2) is 28.9 Å². The van der Waals surface area contributed by atoms with Crippen LogP contribution in [0.3, 0.4) is 0 Å². The monoisotopic (exact) mass is 450 g/mol. The number of carbonyl (C=O) groups is 1. The van der Waals surface area contributed by atoms with Crippen molar-refractivity contribution in [1.29, 1.82) is 0 Å². The Hall–Kier alpha value is -1.23. The van der Waals surface area contributed by atoms with Gasteiger partial charge in [0.1, 0.15) is 0 Å². The summed E-state index contributed by atoms with van der Waals surface area (Å²) in [6, 6.07) is 7.47. The third-order valence-corrected chi connectivity index (χ3v) is 7.98. The molecule has 3 nitrogen and oxygen atoms in total. The van der Waals surface area contributed by atoms with Gasteiger partial charge in [0.05, 0.1) is 15.6 Å². The molecule has 6 heteroatoms. The van der Waals surface area contributed by atoms with Gasteiger partial charge in [0, 0.05) is 36.1 Å². The third kappa shape index (κ3) is 5.28. The van der Waals surface area contributed by atoms with Gasteiger partial charge in [-0.25, -0.2) is 0 Å². The summed E-state index contributed by atoms with van der Waals surface area (Å²) in [7, 11) is 0. The Bertz CT molecular complexity index is 840. The van der Waals surface area contributed by atoms with E-state index in [9.17, 15) is 4.79 Å². The summed E-state index contributed by atoms with van der Waals surface area (Å²) >= 11 is 14.1. The van der Waals surface area contributed by atoms with Crippen LogP contribution in [-0.2, 0) is 5.75 Å². The van der Waals surface area contributed by atoms with Crippen molar-refractivity contribution in [2.45, 2.75) is 50.2 Å². The highest BCUT2D eigenvalue weighted by atomic mass is 35.5. The van der Waals surface area contributed by atoms with Gasteiger partial charge < -0.3 is 4.90 Å². The zero-order chi connectivity index (χ0) is 19.5. The molecular formula is C23H28Cl2N2OS. The SMILES string of the molecule is C.O=C(c1cncc(CSc2c(Cl)cccc2Cl)c1)N1CC[C@@H]2CCCC[C@@H]2C1. The molecule has 0 bridgehead atoms. The highest BCUT2D eigenvalue weighted by molar-refractivity contribution is 7.98. The van der Waals surface area contributed by atoms with Crippen LogP contribution in [0.5, 0.6) is 0 Å². The highest BCUT2D eigenvalue weighted by Crippen LogP contribution is 2.37. The number of likely N-dealkylation sites (tertiary alicyclic amines) is 1. The van der Waals surface area contributed by atoms with Crippen molar-refractivity contribution < 1.29 is 4.79 Å². The lowest BCUT2D eigenvalue weighted by atomic mass is 9.75. The van der Waals surface area contributed by atoms with Crippen LogP contribution >= 0.6 is 35.0 Å². The number of rotatable bonds is 4. The molecule has 0 unspecified atom stereocenters. The van der Waals surface area contributed by atoms with Crippen molar-refractivity contribution in [2.24, 2.45) is 11.8 Å². The lowest BCUT2D eigenvalue weighted by Gasteiger charge is -2.41. The molecule has 1 amide bonds. The number of nitrogens with zero attached hydrogens (tertiary/aromatic N) is 2. The maximum atomic E-state index is 13.0. The van der Waals surface area contributed by atoms with E-state index in [0.29, 0.717) is 27.3 Å². The first-order chi connectivity index (χ1) is 13.6. The second-order valence-electron chi connectivity index (χ2n) is 7.77. The lowest BCUT2D eigenvalue weighted by Crippen LogP contribution is -2.44. The van der Waals surface area contributed by atoms with Gasteiger partial charge in [0.25, 0.3) is 5.91 Å². The summed E-state index contributed by atoms with van der Waals surface area (Å²) < 4.78 is 0. The summed E-state index contributed by atoms with van der Waals surface area (Å²) in [5.41, 5.74) is 1.68. The molecule has 1 saturated heterocycles. The van der Waals surface area contributed by atoms with Gasteiger partial charge in [-0.1, -0.05) is 56.0 Å². The van der Waals surface area contributed by atoms with E-state index in [2.05, 4.69) is 4.98 Å². The second-order valence-corrected chi connectivity index (χ2v) is 9.57. The van der Waals surface area contributed by atoms with Crippen LogP contribution < -0.4 is 0 Å². The van der Waals surface area contributed by atoms with E-state index in [1.165, 1.54) is 25.7 Å². The lowest BCUT2D eigenvalue weighted by molar-refractivity contribution is 0.0520. The topological polar surface area (TPSA) is 33.2 Å². The van der Waals surface area contributed by atoms with E-state index < -0.39 is 0 Å². The molecule has 2 aromatic rings. The summed E-state index contributed by atoms with van der Waals surface area (Å²) in [5.74, 6) is 2.28. The maximum Gasteiger partial charge on any atom is 0.255 e. The van der Waals surface area contributed by atoms with Gasteiger partial charge in [-0.3, -0.25) is 9.78 Å². The zero-order valence-electron chi connectivity index (χ0n) is 15.7. The zero-order valence-corrected chi connectivity index (χ0v) is 18.1. The van der Waals surface area contributed by atoms with Crippen molar-refractivity contribution in [3.63, 3.8) is 0 Å². The Labute approximate surface area is 188 Å². The molecule has 0 radical (unpaired) electrons. The number of fused-ring (bicyclic) bond motifs is 1. The molecule has 0 spiro atoms. The van der Waals surface area contributed by atoms with Crippen LogP contribution in [0.2, 0.25) is 10.0 Å². The smallest absolute Gasteiger partial charge is 0.255 e. The average molecular weight is 451 g/mol. The standard InChI is InChI=1S/C22H24Cl2N2OS.CH4/c23-19-6-3-7-20(24)21(19)28-14-15-10-18(12-25-11-15)22(27)26-9-8-16-4-1-2-5-17(16)13-26;/h3,6-7,10-12,16-17H,1-2,4-5,8-9,13-14H2;1H4/t16-,17+;/m0./s1. The van der Waals surface area contributed by atoms with Crippen LogP contribution in [0.25, 0.3) is 0 Å². The first kappa shape index (κ1) is 22.5. The molecule has 2 aliphatic rings. The van der Waals surface area contributed by atoms with Gasteiger partial charge in [0.2, 0.25) is 0 Å². The molecule has 4 rings (SSSR count). The van der Waals surface area contributed by atoms with Crippen LogP contribution in [0.1, 0.15) is 55.5 Å². The number of thioether (sulfide) groups is 1. The highest BCUT2D eigenvalue weighted by Gasteiger charge is 2.33. The van der Waals surface area contributed by atoms with Crippen molar-refractivity contribution in [3.05, 3.63) is 57.8 Å². The largest absolute Gasteiger partial charge is 0.338 e. The summed E-state index contributed by atoms with van der Waals surface area (Å²) in [4.78, 5) is 20.3. The Morgan fingerprint density at radius 2 is 1.83 bits per heavy atom. The molecule has 29 heavy (non-hydrogen) atoms. The molecule has 156 valence electrons. The Kier molecular flexibility index (Phi) is 7.89. The van der Waals surface area contributed by atoms with E-state index in [1.54, 1.807) is 18.0 Å². The third-order valence-electron chi connectivity index (χ3n) is 5.92. The molecule has 2 heterocycles. The minimum absolute atomic E-state index is 0. The Morgan fingerprint density at radius 1 is 1.10 bits per heavy atom.